The second-order valence-corrected chi connectivity index (χ2v) is 3.89. The van der Waals surface area contributed by atoms with Crippen LogP contribution in [0.3, 0.4) is 0 Å². The van der Waals surface area contributed by atoms with Gasteiger partial charge in [-0.1, -0.05) is 0 Å². The van der Waals surface area contributed by atoms with E-state index in [1.807, 2.05) is 6.92 Å². The molecule has 0 saturated heterocycles. The highest BCUT2D eigenvalue weighted by Crippen LogP contribution is 2.28. The molecule has 2 atom stereocenters. The zero-order valence-corrected chi connectivity index (χ0v) is 10.1. The summed E-state index contributed by atoms with van der Waals surface area (Å²) in [6.07, 6.45) is -0.801. The van der Waals surface area contributed by atoms with E-state index in [9.17, 15) is 10.2 Å². The van der Waals surface area contributed by atoms with Crippen LogP contribution in [0, 0.1) is 0 Å². The molecule has 0 amide bonds. The smallest absolute Gasteiger partial charge is 0.120 e. The first kappa shape index (κ1) is 13.8. The number of rotatable bonds is 6. The number of aliphatic hydroxyl groups excluding tert-OH is 2. The number of nitrogens with one attached hydrogen (secondary N) is 1. The molecule has 1 aromatic rings. The average molecular weight is 241 g/mol. The van der Waals surface area contributed by atoms with Gasteiger partial charge >= 0.3 is 0 Å². The largest absolute Gasteiger partial charge is 0.508 e. The van der Waals surface area contributed by atoms with Gasteiger partial charge in [0.1, 0.15) is 11.5 Å². The fourth-order valence-electron chi connectivity index (χ4n) is 1.49. The van der Waals surface area contributed by atoms with Crippen LogP contribution in [-0.4, -0.2) is 41.7 Å². The van der Waals surface area contributed by atoms with Crippen LogP contribution < -0.4 is 10.1 Å². The maximum atomic E-state index is 9.72. The quantitative estimate of drug-likeness (QED) is 0.580. The van der Waals surface area contributed by atoms with E-state index < -0.39 is 6.10 Å². The highest BCUT2D eigenvalue weighted by atomic mass is 16.5. The van der Waals surface area contributed by atoms with E-state index in [0.29, 0.717) is 11.3 Å². The van der Waals surface area contributed by atoms with Crippen molar-refractivity contribution >= 4 is 0 Å². The van der Waals surface area contributed by atoms with Gasteiger partial charge in [-0.3, -0.25) is 0 Å². The van der Waals surface area contributed by atoms with Gasteiger partial charge in [0, 0.05) is 18.2 Å². The lowest BCUT2D eigenvalue weighted by Crippen LogP contribution is -2.31. The summed E-state index contributed by atoms with van der Waals surface area (Å²) >= 11 is 0. The minimum absolute atomic E-state index is 0.147. The summed E-state index contributed by atoms with van der Waals surface area (Å²) in [6, 6.07) is 4.83. The number of benzene rings is 1. The Bertz CT molecular complexity index is 356. The molecular weight excluding hydrogens is 222 g/mol. The van der Waals surface area contributed by atoms with Gasteiger partial charge in [-0.2, -0.15) is 0 Å². The summed E-state index contributed by atoms with van der Waals surface area (Å²) in [5, 5.41) is 30.7. The van der Waals surface area contributed by atoms with Crippen LogP contribution >= 0.6 is 0 Å². The lowest BCUT2D eigenvalue weighted by atomic mass is 10.1. The number of phenolic OH excluding ortho intramolecular Hbond substituents is 1. The van der Waals surface area contributed by atoms with Crippen LogP contribution in [0.15, 0.2) is 18.2 Å². The molecule has 4 N–H and O–H groups in total. The zero-order valence-electron chi connectivity index (χ0n) is 10.1. The van der Waals surface area contributed by atoms with Gasteiger partial charge in [-0.25, -0.2) is 0 Å². The molecule has 0 aliphatic rings. The van der Waals surface area contributed by atoms with Crippen molar-refractivity contribution in [3.63, 3.8) is 0 Å². The van der Waals surface area contributed by atoms with Crippen LogP contribution in [0.5, 0.6) is 11.5 Å². The maximum absolute atomic E-state index is 9.72. The first-order chi connectivity index (χ1) is 8.08. The summed E-state index contributed by atoms with van der Waals surface area (Å²) in [4.78, 5) is 0. The molecule has 2 unspecified atom stereocenters. The molecule has 5 heteroatoms. The van der Waals surface area contributed by atoms with Crippen molar-refractivity contribution in [3.05, 3.63) is 23.8 Å². The summed E-state index contributed by atoms with van der Waals surface area (Å²) in [5.74, 6) is 0.832. The molecule has 0 fully saturated rings. The predicted molar refractivity (Wildman–Crippen MR) is 64.2 cm³/mol. The third-order valence-electron chi connectivity index (χ3n) is 2.57. The van der Waals surface area contributed by atoms with Crippen molar-refractivity contribution in [2.75, 3.05) is 20.3 Å². The van der Waals surface area contributed by atoms with E-state index in [4.69, 9.17) is 9.84 Å². The molecule has 17 heavy (non-hydrogen) atoms. The fraction of sp³-hybridized carbons (Fsp3) is 0.500. The van der Waals surface area contributed by atoms with Crippen molar-refractivity contribution < 1.29 is 20.1 Å². The minimum Gasteiger partial charge on any atom is -0.508 e. The third-order valence-corrected chi connectivity index (χ3v) is 2.57. The summed E-state index contributed by atoms with van der Waals surface area (Å²) < 4.78 is 5.08. The van der Waals surface area contributed by atoms with E-state index >= 15 is 0 Å². The molecule has 0 aliphatic heterocycles. The number of methoxy groups -OCH3 is 1. The second-order valence-electron chi connectivity index (χ2n) is 3.89. The Kier molecular flexibility index (Phi) is 5.21. The number of phenols is 1. The number of hydrogen-bond acceptors (Lipinski definition) is 5. The molecule has 0 bridgehead atoms. The SMILES string of the molecule is COc1ccc(O)c(C(C)NCC(O)CO)c1. The Labute approximate surface area is 101 Å². The Morgan fingerprint density at radius 1 is 1.41 bits per heavy atom. The van der Waals surface area contributed by atoms with Crippen molar-refractivity contribution in [1.29, 1.82) is 0 Å². The van der Waals surface area contributed by atoms with Gasteiger partial charge in [0.2, 0.25) is 0 Å². The van der Waals surface area contributed by atoms with Crippen LogP contribution in [0.2, 0.25) is 0 Å². The molecule has 1 rings (SSSR count). The van der Waals surface area contributed by atoms with Gasteiger partial charge in [-0.15, -0.1) is 0 Å². The molecule has 0 heterocycles. The number of aliphatic hydroxyl groups is 2. The van der Waals surface area contributed by atoms with E-state index in [0.717, 1.165) is 0 Å². The van der Waals surface area contributed by atoms with Gasteiger partial charge in [-0.05, 0) is 25.1 Å². The zero-order chi connectivity index (χ0) is 12.8. The Morgan fingerprint density at radius 3 is 2.71 bits per heavy atom. The van der Waals surface area contributed by atoms with Gasteiger partial charge in [0.05, 0.1) is 19.8 Å². The topological polar surface area (TPSA) is 82.0 Å². The van der Waals surface area contributed by atoms with Crippen LogP contribution in [-0.2, 0) is 0 Å². The lowest BCUT2D eigenvalue weighted by molar-refractivity contribution is 0.0923. The molecule has 96 valence electrons. The van der Waals surface area contributed by atoms with Gasteiger partial charge in [0.25, 0.3) is 0 Å². The molecule has 5 nitrogen and oxygen atoms in total. The summed E-state index contributed by atoms with van der Waals surface area (Å²) in [6.45, 7) is 1.83. The maximum Gasteiger partial charge on any atom is 0.120 e. The van der Waals surface area contributed by atoms with Gasteiger partial charge in [0.15, 0.2) is 0 Å². The second kappa shape index (κ2) is 6.44. The molecule has 0 spiro atoms. The van der Waals surface area contributed by atoms with Crippen molar-refractivity contribution in [2.24, 2.45) is 0 Å². The Morgan fingerprint density at radius 2 is 2.12 bits per heavy atom. The van der Waals surface area contributed by atoms with E-state index in [2.05, 4.69) is 5.32 Å². The first-order valence-corrected chi connectivity index (χ1v) is 5.47. The van der Waals surface area contributed by atoms with Crippen molar-refractivity contribution in [1.82, 2.24) is 5.32 Å². The third kappa shape index (κ3) is 3.89. The predicted octanol–water partition coefficient (Wildman–Crippen LogP) is 0.405. The van der Waals surface area contributed by atoms with Crippen LogP contribution in [0.25, 0.3) is 0 Å². The normalized spacial score (nSPS) is 14.4. The molecule has 1 aromatic carbocycles. The Balaban J connectivity index is 2.70. The fourth-order valence-corrected chi connectivity index (χ4v) is 1.49. The van der Waals surface area contributed by atoms with Crippen LogP contribution in [0.4, 0.5) is 0 Å². The molecule has 0 radical (unpaired) electrons. The molecule has 0 aliphatic carbocycles. The van der Waals surface area contributed by atoms with Gasteiger partial charge < -0.3 is 25.4 Å². The van der Waals surface area contributed by atoms with E-state index in [1.54, 1.807) is 25.3 Å². The highest BCUT2D eigenvalue weighted by molar-refractivity contribution is 5.41. The van der Waals surface area contributed by atoms with E-state index in [1.165, 1.54) is 0 Å². The lowest BCUT2D eigenvalue weighted by Gasteiger charge is -2.18. The monoisotopic (exact) mass is 241 g/mol. The molecular formula is C12H19NO4. The van der Waals surface area contributed by atoms with Crippen molar-refractivity contribution in [2.45, 2.75) is 19.1 Å². The standard InChI is InChI=1S/C12H19NO4/c1-8(13-6-9(15)7-14)11-5-10(17-2)3-4-12(11)16/h3-5,8-9,13-16H,6-7H2,1-2H3. The molecule has 0 saturated carbocycles. The first-order valence-electron chi connectivity index (χ1n) is 5.47. The average Bonchev–Trinajstić information content (AvgIpc) is 2.36. The van der Waals surface area contributed by atoms with Crippen molar-refractivity contribution in [3.8, 4) is 11.5 Å². The summed E-state index contributed by atoms with van der Waals surface area (Å²) in [7, 11) is 1.56. The van der Waals surface area contributed by atoms with Crippen LogP contribution in [0.1, 0.15) is 18.5 Å². The van der Waals surface area contributed by atoms with E-state index in [-0.39, 0.29) is 24.9 Å². The number of aromatic hydroxyl groups is 1. The number of ether oxygens (including phenoxy) is 1. The highest BCUT2D eigenvalue weighted by Gasteiger charge is 2.12. The summed E-state index contributed by atoms with van der Waals surface area (Å²) in [5.41, 5.74) is 0.689. The molecule has 0 aromatic heterocycles. The Hall–Kier alpha value is -1.30. The number of hydrogen-bond donors (Lipinski definition) is 4. The minimum atomic E-state index is -0.801.